The molecule has 0 aliphatic rings. The van der Waals surface area contributed by atoms with Crippen molar-refractivity contribution in [2.75, 3.05) is 0 Å². The van der Waals surface area contributed by atoms with Crippen molar-refractivity contribution in [1.82, 2.24) is 25.4 Å². The summed E-state index contributed by atoms with van der Waals surface area (Å²) in [5.74, 6) is 0.787. The highest BCUT2D eigenvalue weighted by Crippen LogP contribution is 2.26. The van der Waals surface area contributed by atoms with Crippen LogP contribution in [0.4, 0.5) is 0 Å². The highest BCUT2D eigenvalue weighted by molar-refractivity contribution is 9.10. The summed E-state index contributed by atoms with van der Waals surface area (Å²) in [6.07, 6.45) is 0. The van der Waals surface area contributed by atoms with Crippen molar-refractivity contribution >= 4 is 27.0 Å². The number of nitrogens with zero attached hydrogens (tertiary/aromatic N) is 5. The second-order valence-electron chi connectivity index (χ2n) is 4.71. The molecule has 0 fully saturated rings. The molecule has 23 heavy (non-hydrogen) atoms. The number of halogens is 1. The molecule has 0 bridgehead atoms. The summed E-state index contributed by atoms with van der Waals surface area (Å²) < 4.78 is 6.51. The van der Waals surface area contributed by atoms with Gasteiger partial charge in [-0.3, -0.25) is 0 Å². The molecule has 0 N–H and O–H groups in total. The highest BCUT2D eigenvalue weighted by atomic mass is 79.9. The molecule has 4 aromatic rings. The summed E-state index contributed by atoms with van der Waals surface area (Å²) in [5.41, 5.74) is 2.36. The summed E-state index contributed by atoms with van der Waals surface area (Å²) in [4.78, 5) is 6.90. The van der Waals surface area contributed by atoms with Gasteiger partial charge in [-0.05, 0) is 45.4 Å². The first-order valence-electron chi connectivity index (χ1n) is 6.82. The Balaban J connectivity index is 1.53. The minimum absolute atomic E-state index is 0.102. The lowest BCUT2D eigenvalue weighted by Crippen LogP contribution is -2.12. The van der Waals surface area contributed by atoms with Gasteiger partial charge in [-0.15, -0.1) is 15.3 Å². The number of para-hydroxylation sites is 1. The van der Waals surface area contributed by atoms with Crippen molar-refractivity contribution < 1.29 is 9.25 Å². The molecule has 0 atom stereocenters. The Kier molecular flexibility index (Phi) is 3.51. The van der Waals surface area contributed by atoms with Crippen molar-refractivity contribution in [1.29, 1.82) is 0 Å². The van der Waals surface area contributed by atoms with E-state index >= 15 is 0 Å². The standard InChI is InChI=1S/C15H10BrN5O2/c16-11-6-2-1-5-10(11)15-19-18-14(23-15)9-22-21-13-8-4-3-7-12(13)17-20-21/h1-8H,9H2. The first-order valence-corrected chi connectivity index (χ1v) is 7.61. The maximum atomic E-state index is 5.62. The normalized spacial score (nSPS) is 11.0. The molecule has 114 valence electrons. The fourth-order valence-corrected chi connectivity index (χ4v) is 2.57. The van der Waals surface area contributed by atoms with Crippen molar-refractivity contribution in [2.45, 2.75) is 6.61 Å². The molecule has 7 nitrogen and oxygen atoms in total. The Bertz CT molecular complexity index is 965. The molecule has 0 saturated heterocycles. The topological polar surface area (TPSA) is 78.9 Å². The highest BCUT2D eigenvalue weighted by Gasteiger charge is 2.12. The van der Waals surface area contributed by atoms with Crippen LogP contribution in [-0.2, 0) is 6.61 Å². The van der Waals surface area contributed by atoms with Gasteiger partial charge in [0, 0.05) is 4.47 Å². The Hall–Kier alpha value is -2.74. The Labute approximate surface area is 139 Å². The van der Waals surface area contributed by atoms with E-state index in [0.29, 0.717) is 11.8 Å². The van der Waals surface area contributed by atoms with Crippen LogP contribution in [0.5, 0.6) is 0 Å². The van der Waals surface area contributed by atoms with Gasteiger partial charge in [0.1, 0.15) is 11.0 Å². The van der Waals surface area contributed by atoms with E-state index in [1.54, 1.807) is 0 Å². The maximum Gasteiger partial charge on any atom is 0.257 e. The molecule has 0 aliphatic heterocycles. The number of benzene rings is 2. The summed E-state index contributed by atoms with van der Waals surface area (Å²) >= 11 is 3.46. The van der Waals surface area contributed by atoms with Crippen LogP contribution in [0.3, 0.4) is 0 Å². The molecule has 0 saturated carbocycles. The average molecular weight is 372 g/mol. The van der Waals surface area contributed by atoms with Crippen LogP contribution in [0.2, 0.25) is 0 Å². The molecular weight excluding hydrogens is 362 g/mol. The molecule has 4 rings (SSSR count). The van der Waals surface area contributed by atoms with Gasteiger partial charge in [0.25, 0.3) is 5.89 Å². The predicted octanol–water partition coefficient (Wildman–Crippen LogP) is 2.87. The monoisotopic (exact) mass is 371 g/mol. The van der Waals surface area contributed by atoms with E-state index in [-0.39, 0.29) is 6.61 Å². The van der Waals surface area contributed by atoms with Crippen LogP contribution >= 0.6 is 15.9 Å². The molecular formula is C15H10BrN5O2. The van der Waals surface area contributed by atoms with E-state index in [2.05, 4.69) is 36.4 Å². The third-order valence-corrected chi connectivity index (χ3v) is 3.89. The maximum absolute atomic E-state index is 5.62. The number of hydrogen-bond donors (Lipinski definition) is 0. The molecule has 0 unspecified atom stereocenters. The zero-order chi connectivity index (χ0) is 15.6. The molecule has 0 aliphatic carbocycles. The van der Waals surface area contributed by atoms with Crippen LogP contribution in [0, 0.1) is 0 Å². The van der Waals surface area contributed by atoms with Gasteiger partial charge >= 0.3 is 0 Å². The van der Waals surface area contributed by atoms with Gasteiger partial charge in [-0.25, -0.2) is 0 Å². The fourth-order valence-electron chi connectivity index (χ4n) is 2.11. The zero-order valence-corrected chi connectivity index (χ0v) is 13.3. The summed E-state index contributed by atoms with van der Waals surface area (Å²) in [7, 11) is 0. The summed E-state index contributed by atoms with van der Waals surface area (Å²) in [6, 6.07) is 15.2. The lowest BCUT2D eigenvalue weighted by Gasteiger charge is -2.01. The lowest BCUT2D eigenvalue weighted by molar-refractivity contribution is 0.0618. The molecule has 2 aromatic heterocycles. The molecule has 0 amide bonds. The number of rotatable bonds is 4. The van der Waals surface area contributed by atoms with Crippen molar-refractivity contribution in [3.63, 3.8) is 0 Å². The first kappa shape index (κ1) is 13.9. The Morgan fingerprint density at radius 3 is 2.74 bits per heavy atom. The van der Waals surface area contributed by atoms with Crippen LogP contribution in [0.15, 0.2) is 57.4 Å². The average Bonchev–Trinajstić information content (AvgIpc) is 3.20. The smallest absolute Gasteiger partial charge is 0.257 e. The van der Waals surface area contributed by atoms with Crippen LogP contribution < -0.4 is 4.84 Å². The van der Waals surface area contributed by atoms with Gasteiger partial charge in [-0.2, -0.15) is 0 Å². The minimum atomic E-state index is 0.102. The SMILES string of the molecule is Brc1ccccc1-c1nnc(COn2nnc3ccccc32)o1. The van der Waals surface area contributed by atoms with E-state index in [9.17, 15) is 0 Å². The third kappa shape index (κ3) is 2.68. The summed E-state index contributed by atoms with van der Waals surface area (Å²) in [6.45, 7) is 0.102. The molecule has 8 heteroatoms. The van der Waals surface area contributed by atoms with Crippen LogP contribution in [0.1, 0.15) is 5.89 Å². The van der Waals surface area contributed by atoms with E-state index in [0.717, 1.165) is 21.1 Å². The zero-order valence-electron chi connectivity index (χ0n) is 11.8. The third-order valence-electron chi connectivity index (χ3n) is 3.20. The van der Waals surface area contributed by atoms with Gasteiger partial charge in [-0.1, -0.05) is 29.1 Å². The Morgan fingerprint density at radius 1 is 1.00 bits per heavy atom. The molecule has 0 spiro atoms. The van der Waals surface area contributed by atoms with E-state index in [1.807, 2.05) is 48.5 Å². The fraction of sp³-hybridized carbons (Fsp3) is 0.0667. The molecule has 2 heterocycles. The second-order valence-corrected chi connectivity index (χ2v) is 5.56. The number of hydrogen-bond acceptors (Lipinski definition) is 6. The van der Waals surface area contributed by atoms with Crippen molar-refractivity contribution in [3.05, 3.63) is 58.9 Å². The Morgan fingerprint density at radius 2 is 1.83 bits per heavy atom. The van der Waals surface area contributed by atoms with Crippen LogP contribution in [-0.4, -0.2) is 25.4 Å². The summed E-state index contributed by atoms with van der Waals surface area (Å²) in [5, 5.41) is 16.0. The van der Waals surface area contributed by atoms with Gasteiger partial charge in [0.15, 0.2) is 6.61 Å². The van der Waals surface area contributed by atoms with Gasteiger partial charge in [0.05, 0.1) is 5.56 Å². The van der Waals surface area contributed by atoms with Crippen LogP contribution in [0.25, 0.3) is 22.5 Å². The minimum Gasteiger partial charge on any atom is -0.417 e. The van der Waals surface area contributed by atoms with Crippen molar-refractivity contribution in [2.24, 2.45) is 0 Å². The predicted molar refractivity (Wildman–Crippen MR) is 85.2 cm³/mol. The first-order chi connectivity index (χ1) is 11.3. The van der Waals surface area contributed by atoms with Crippen molar-refractivity contribution in [3.8, 4) is 11.5 Å². The van der Waals surface area contributed by atoms with Gasteiger partial charge in [0.2, 0.25) is 5.89 Å². The largest absolute Gasteiger partial charge is 0.417 e. The van der Waals surface area contributed by atoms with E-state index in [1.165, 1.54) is 4.85 Å². The molecule has 0 radical (unpaired) electrons. The van der Waals surface area contributed by atoms with E-state index in [4.69, 9.17) is 9.25 Å². The van der Waals surface area contributed by atoms with Gasteiger partial charge < -0.3 is 9.25 Å². The number of fused-ring (bicyclic) bond motifs is 1. The quantitative estimate of drug-likeness (QED) is 0.548. The number of aromatic nitrogens is 5. The molecule has 2 aromatic carbocycles. The second kappa shape index (κ2) is 5.81. The van der Waals surface area contributed by atoms with E-state index < -0.39 is 0 Å². The lowest BCUT2D eigenvalue weighted by atomic mass is 10.2.